The summed E-state index contributed by atoms with van der Waals surface area (Å²) >= 11 is 0. The van der Waals surface area contributed by atoms with Gasteiger partial charge in [0.2, 0.25) is 0 Å². The van der Waals surface area contributed by atoms with Crippen molar-refractivity contribution in [2.24, 2.45) is 63.1 Å². The standard InChI is InChI=1S/C22H28O5.C21H26O5/c1-12-8-16-15-5-4-13-9-14(24)6-7-20(13,2)19(15)17(25)10-21(16,3)22(12,27)18(26)11-23;1-19-7-5-13(23)9-12(19)3-4-14-15-6-8-21(26,17(25)11-22)20(15,2)10-16(24)18(14)19/h6-7,9,12,15-16,19,23,27H,4-5,8,10-11H2,1-3H3;5,7,9,14-15,18,22,26H,3-4,6,8,10-11H2,1-2H3/t12-,15-,16-,19+,20-,21-,22-;14-,15-,18+,19-,20-,21-/m00/s1. The van der Waals surface area contributed by atoms with E-state index in [0.29, 0.717) is 19.3 Å². The van der Waals surface area contributed by atoms with Gasteiger partial charge in [0.05, 0.1) is 0 Å². The highest BCUT2D eigenvalue weighted by atomic mass is 16.3. The van der Waals surface area contributed by atoms with Crippen LogP contribution in [0.3, 0.4) is 0 Å². The van der Waals surface area contributed by atoms with E-state index in [0.717, 1.165) is 36.8 Å². The Morgan fingerprint density at radius 2 is 1.17 bits per heavy atom. The van der Waals surface area contributed by atoms with Gasteiger partial charge < -0.3 is 20.4 Å². The van der Waals surface area contributed by atoms with Crippen LogP contribution in [-0.2, 0) is 28.8 Å². The van der Waals surface area contributed by atoms with E-state index in [4.69, 9.17) is 0 Å². The van der Waals surface area contributed by atoms with Gasteiger partial charge in [0.1, 0.15) is 36.0 Å². The van der Waals surface area contributed by atoms with E-state index in [2.05, 4.69) is 0 Å². The zero-order valence-corrected chi connectivity index (χ0v) is 31.5. The number of hydrogen-bond acceptors (Lipinski definition) is 10. The summed E-state index contributed by atoms with van der Waals surface area (Å²) in [6, 6.07) is 0. The number of Topliss-reactive ketones (excluding diaryl/α,β-unsaturated/α-hetero) is 4. The van der Waals surface area contributed by atoms with Gasteiger partial charge in [-0.15, -0.1) is 0 Å². The highest BCUT2D eigenvalue weighted by Crippen LogP contribution is 2.68. The van der Waals surface area contributed by atoms with Crippen molar-refractivity contribution < 1.29 is 49.2 Å². The molecule has 0 aliphatic heterocycles. The molecule has 0 aromatic heterocycles. The Morgan fingerprint density at radius 3 is 1.66 bits per heavy atom. The molecule has 10 heteroatoms. The first-order chi connectivity index (χ1) is 24.8. The maximum atomic E-state index is 13.4. The molecule has 0 aromatic carbocycles. The zero-order valence-electron chi connectivity index (χ0n) is 31.5. The second-order valence-electron chi connectivity index (χ2n) is 18.5. The summed E-state index contributed by atoms with van der Waals surface area (Å²) < 4.78 is 0. The topological polar surface area (TPSA) is 183 Å². The normalized spacial score (nSPS) is 47.8. The van der Waals surface area contributed by atoms with Crippen LogP contribution in [0, 0.1) is 63.1 Å². The summed E-state index contributed by atoms with van der Waals surface area (Å²) in [6.07, 6.45) is 15.3. The summed E-state index contributed by atoms with van der Waals surface area (Å²) in [6.45, 7) is 8.24. The minimum atomic E-state index is -1.66. The minimum absolute atomic E-state index is 0.0206. The third kappa shape index (κ3) is 4.96. The van der Waals surface area contributed by atoms with Gasteiger partial charge >= 0.3 is 0 Å². The summed E-state index contributed by atoms with van der Waals surface area (Å²) in [5.41, 5.74) is -3.81. The smallest absolute Gasteiger partial charge is 0.190 e. The van der Waals surface area contributed by atoms with Crippen molar-refractivity contribution in [3.05, 3.63) is 47.6 Å². The molecule has 8 rings (SSSR count). The highest BCUT2D eigenvalue weighted by molar-refractivity contribution is 6.03. The lowest BCUT2D eigenvalue weighted by molar-refractivity contribution is -0.173. The number of ketones is 6. The molecule has 0 amide bonds. The second-order valence-corrected chi connectivity index (χ2v) is 18.5. The minimum Gasteiger partial charge on any atom is -0.388 e. The molecule has 0 bridgehead atoms. The molecule has 10 nitrogen and oxygen atoms in total. The summed E-state index contributed by atoms with van der Waals surface area (Å²) in [5.74, 6) is -1.54. The molecule has 0 spiro atoms. The van der Waals surface area contributed by atoms with Crippen LogP contribution in [0.2, 0.25) is 0 Å². The Morgan fingerprint density at radius 1 is 0.698 bits per heavy atom. The number of carbonyl (C=O) groups is 6. The molecule has 6 fully saturated rings. The first kappa shape index (κ1) is 38.1. The molecule has 6 saturated carbocycles. The number of aliphatic hydroxyl groups is 4. The lowest BCUT2D eigenvalue weighted by Crippen LogP contribution is -2.61. The summed E-state index contributed by atoms with van der Waals surface area (Å²) in [5, 5.41) is 41.3. The van der Waals surface area contributed by atoms with Crippen LogP contribution in [0.5, 0.6) is 0 Å². The van der Waals surface area contributed by atoms with Crippen LogP contribution in [0.25, 0.3) is 0 Å². The monoisotopic (exact) mass is 730 g/mol. The largest absolute Gasteiger partial charge is 0.388 e. The molecule has 8 aliphatic carbocycles. The molecular formula is C43H54O10. The summed E-state index contributed by atoms with van der Waals surface area (Å²) in [7, 11) is 0. The first-order valence-corrected chi connectivity index (χ1v) is 19.4. The van der Waals surface area contributed by atoms with E-state index in [1.165, 1.54) is 0 Å². The van der Waals surface area contributed by atoms with Gasteiger partial charge in [-0.3, -0.25) is 28.8 Å². The molecule has 0 radical (unpaired) electrons. The number of fused-ring (bicyclic) bond motifs is 10. The Labute approximate surface area is 310 Å². The number of hydrogen-bond donors (Lipinski definition) is 4. The predicted molar refractivity (Wildman–Crippen MR) is 193 cm³/mol. The van der Waals surface area contributed by atoms with E-state index < -0.39 is 57.6 Å². The number of aliphatic hydroxyl groups excluding tert-OH is 2. The van der Waals surface area contributed by atoms with Gasteiger partial charge in [-0.2, -0.15) is 0 Å². The van der Waals surface area contributed by atoms with Crippen LogP contribution in [0.1, 0.15) is 92.4 Å². The third-order valence-corrected chi connectivity index (χ3v) is 16.4. The SMILES string of the molecule is C[C@H]1C[C@H]2[C@@H]3CCC4=CC(=O)C=C[C@]4(C)[C@H]3C(=O)C[C@]2(C)[C@@]1(O)C(=O)CO.C[C@]12C=CC(=O)C=C1CC[C@@H]1[C@@H]2C(=O)C[C@@]2(C)[C@H]1CC[C@]2(O)C(=O)CO. The number of rotatable bonds is 4. The van der Waals surface area contributed by atoms with Crippen molar-refractivity contribution in [1.29, 1.82) is 0 Å². The van der Waals surface area contributed by atoms with Crippen molar-refractivity contribution in [1.82, 2.24) is 0 Å². The Kier molecular flexibility index (Phi) is 8.93. The van der Waals surface area contributed by atoms with Crippen molar-refractivity contribution in [2.75, 3.05) is 13.2 Å². The van der Waals surface area contributed by atoms with E-state index >= 15 is 0 Å². The molecular weight excluding hydrogens is 676 g/mol. The number of carbonyl (C=O) groups excluding carboxylic acids is 6. The van der Waals surface area contributed by atoms with E-state index in [9.17, 15) is 49.2 Å². The zero-order chi connectivity index (χ0) is 38.7. The highest BCUT2D eigenvalue weighted by Gasteiger charge is 2.71. The van der Waals surface area contributed by atoms with E-state index in [1.807, 2.05) is 46.8 Å². The predicted octanol–water partition coefficient (Wildman–Crippen LogP) is 3.78. The van der Waals surface area contributed by atoms with Crippen molar-refractivity contribution in [3.8, 4) is 0 Å². The fraction of sp³-hybridized carbons (Fsp3) is 0.674. The van der Waals surface area contributed by atoms with Gasteiger partial charge in [0.25, 0.3) is 0 Å². The maximum Gasteiger partial charge on any atom is 0.190 e. The summed E-state index contributed by atoms with van der Waals surface area (Å²) in [4.78, 5) is 75.1. The number of allylic oxidation sites excluding steroid dienone is 8. The van der Waals surface area contributed by atoms with E-state index in [1.54, 1.807) is 24.3 Å². The third-order valence-electron chi connectivity index (χ3n) is 16.4. The van der Waals surface area contributed by atoms with Gasteiger partial charge in [-0.25, -0.2) is 0 Å². The molecule has 0 saturated heterocycles. The average Bonchev–Trinajstić information content (AvgIpc) is 3.50. The van der Waals surface area contributed by atoms with Gasteiger partial charge in [0.15, 0.2) is 23.1 Å². The Hall–Kier alpha value is -3.18. The van der Waals surface area contributed by atoms with Crippen LogP contribution in [0.15, 0.2) is 47.6 Å². The molecule has 13 atom stereocenters. The van der Waals surface area contributed by atoms with Gasteiger partial charge in [0, 0.05) is 46.3 Å². The van der Waals surface area contributed by atoms with Crippen LogP contribution in [-0.4, -0.2) is 79.5 Å². The van der Waals surface area contributed by atoms with Crippen LogP contribution >= 0.6 is 0 Å². The maximum absolute atomic E-state index is 13.4. The Bertz CT molecular complexity index is 1820. The second kappa shape index (κ2) is 12.4. The Balaban J connectivity index is 0.000000164. The van der Waals surface area contributed by atoms with Gasteiger partial charge in [-0.05, 0) is 98.8 Å². The lowest BCUT2D eigenvalue weighted by Gasteiger charge is -2.56. The first-order valence-electron chi connectivity index (χ1n) is 19.4. The molecule has 53 heavy (non-hydrogen) atoms. The average molecular weight is 731 g/mol. The quantitative estimate of drug-likeness (QED) is 0.332. The molecule has 286 valence electrons. The van der Waals surface area contributed by atoms with E-state index in [-0.39, 0.29) is 77.4 Å². The van der Waals surface area contributed by atoms with Crippen LogP contribution < -0.4 is 0 Å². The van der Waals surface area contributed by atoms with Gasteiger partial charge in [-0.1, -0.05) is 57.9 Å². The molecule has 0 aromatic rings. The lowest BCUT2D eigenvalue weighted by atomic mass is 9.46. The van der Waals surface area contributed by atoms with Crippen molar-refractivity contribution in [2.45, 2.75) is 104 Å². The van der Waals surface area contributed by atoms with Crippen molar-refractivity contribution in [3.63, 3.8) is 0 Å². The fourth-order valence-corrected chi connectivity index (χ4v) is 13.7. The fourth-order valence-electron chi connectivity index (χ4n) is 13.7. The molecule has 4 N–H and O–H groups in total. The molecule has 0 unspecified atom stereocenters. The van der Waals surface area contributed by atoms with Crippen molar-refractivity contribution >= 4 is 34.7 Å². The van der Waals surface area contributed by atoms with Crippen LogP contribution in [0.4, 0.5) is 0 Å². The molecule has 8 aliphatic rings. The molecule has 0 heterocycles.